The molecule has 0 spiro atoms. The van der Waals surface area contributed by atoms with Gasteiger partial charge in [-0.3, -0.25) is 14.6 Å². The molecule has 0 aliphatic heterocycles. The molecule has 6 heteroatoms. The number of ether oxygens (including phenoxy) is 1. The predicted molar refractivity (Wildman–Crippen MR) is 99.3 cm³/mol. The Hall–Kier alpha value is -2.89. The van der Waals surface area contributed by atoms with Gasteiger partial charge < -0.3 is 15.4 Å². The van der Waals surface area contributed by atoms with Crippen LogP contribution < -0.4 is 15.4 Å². The normalized spacial score (nSPS) is 13.1. The molecule has 1 aromatic carbocycles. The Morgan fingerprint density at radius 1 is 1.23 bits per heavy atom. The monoisotopic (exact) mass is 353 g/mol. The minimum Gasteiger partial charge on any atom is -0.497 e. The zero-order valence-electron chi connectivity index (χ0n) is 14.8. The molecule has 0 unspecified atom stereocenters. The Kier molecular flexibility index (Phi) is 5.84. The topological polar surface area (TPSA) is 80.3 Å². The Morgan fingerprint density at radius 2 is 2.08 bits per heavy atom. The molecule has 0 radical (unpaired) electrons. The highest BCUT2D eigenvalue weighted by Crippen LogP contribution is 2.25. The van der Waals surface area contributed by atoms with E-state index in [1.807, 2.05) is 18.2 Å². The number of nitrogens with one attached hydrogen (secondary N) is 2. The van der Waals surface area contributed by atoms with Crippen molar-refractivity contribution in [3.8, 4) is 5.75 Å². The Balaban J connectivity index is 1.60. The van der Waals surface area contributed by atoms with Crippen LogP contribution in [0.2, 0.25) is 0 Å². The van der Waals surface area contributed by atoms with Crippen LogP contribution in [0.5, 0.6) is 5.75 Å². The van der Waals surface area contributed by atoms with Crippen LogP contribution in [0.1, 0.15) is 41.7 Å². The maximum absolute atomic E-state index is 12.4. The van der Waals surface area contributed by atoms with Crippen LogP contribution in [0.15, 0.2) is 42.6 Å². The summed E-state index contributed by atoms with van der Waals surface area (Å²) in [6.45, 7) is 0. The number of carbonyl (C=O) groups excluding carboxylic acids is 2. The van der Waals surface area contributed by atoms with Gasteiger partial charge in [0, 0.05) is 24.4 Å². The fourth-order valence-corrected chi connectivity index (χ4v) is 2.63. The molecule has 2 aromatic rings. The number of hydrogen-bond acceptors (Lipinski definition) is 4. The lowest BCUT2D eigenvalue weighted by Crippen LogP contribution is -2.27. The molecule has 1 aliphatic carbocycles. The van der Waals surface area contributed by atoms with E-state index in [2.05, 4.69) is 15.6 Å². The molecule has 6 nitrogen and oxygen atoms in total. The molecule has 0 bridgehead atoms. The van der Waals surface area contributed by atoms with Crippen molar-refractivity contribution in [1.29, 1.82) is 0 Å². The summed E-state index contributed by atoms with van der Waals surface area (Å²) < 4.78 is 5.20. The number of aromatic nitrogens is 1. The van der Waals surface area contributed by atoms with Crippen LogP contribution in [0, 0.1) is 0 Å². The molecule has 1 heterocycles. The molecule has 2 amide bonds. The number of benzene rings is 1. The molecule has 0 saturated heterocycles. The molecule has 2 N–H and O–H groups in total. The summed E-state index contributed by atoms with van der Waals surface area (Å²) in [5, 5.41) is 5.79. The number of methoxy groups -OCH3 is 1. The largest absolute Gasteiger partial charge is 0.497 e. The number of amides is 2. The maximum Gasteiger partial charge on any atom is 0.253 e. The number of rotatable bonds is 8. The summed E-state index contributed by atoms with van der Waals surface area (Å²) in [4.78, 5) is 29.0. The molecule has 136 valence electrons. The van der Waals surface area contributed by atoms with Crippen LogP contribution in [0.3, 0.4) is 0 Å². The molecule has 0 atom stereocenters. The zero-order valence-corrected chi connectivity index (χ0v) is 14.8. The number of carbonyl (C=O) groups is 2. The summed E-state index contributed by atoms with van der Waals surface area (Å²) >= 11 is 0. The van der Waals surface area contributed by atoms with Crippen LogP contribution in [-0.4, -0.2) is 29.9 Å². The van der Waals surface area contributed by atoms with Crippen molar-refractivity contribution in [2.75, 3.05) is 12.4 Å². The number of hydrogen-bond donors (Lipinski definition) is 2. The van der Waals surface area contributed by atoms with Gasteiger partial charge in [0.05, 0.1) is 18.4 Å². The minimum absolute atomic E-state index is 0.119. The van der Waals surface area contributed by atoms with Crippen LogP contribution in [-0.2, 0) is 11.2 Å². The van der Waals surface area contributed by atoms with E-state index in [1.165, 1.54) is 0 Å². The van der Waals surface area contributed by atoms with Crippen molar-refractivity contribution in [3.05, 3.63) is 53.9 Å². The van der Waals surface area contributed by atoms with E-state index in [0.717, 1.165) is 25.0 Å². The molecule has 1 fully saturated rings. The van der Waals surface area contributed by atoms with Gasteiger partial charge in [0.1, 0.15) is 5.75 Å². The van der Waals surface area contributed by atoms with Gasteiger partial charge in [0.25, 0.3) is 5.91 Å². The highest BCUT2D eigenvalue weighted by atomic mass is 16.5. The second-order valence-electron chi connectivity index (χ2n) is 6.38. The van der Waals surface area contributed by atoms with Gasteiger partial charge in [-0.1, -0.05) is 6.07 Å². The van der Waals surface area contributed by atoms with Crippen molar-refractivity contribution in [3.63, 3.8) is 0 Å². The second kappa shape index (κ2) is 8.47. The minimum atomic E-state index is -0.185. The van der Waals surface area contributed by atoms with E-state index < -0.39 is 0 Å². The number of pyridine rings is 1. The molecule has 1 aliphatic rings. The van der Waals surface area contributed by atoms with Gasteiger partial charge in [0.2, 0.25) is 5.91 Å². The van der Waals surface area contributed by atoms with Crippen LogP contribution >= 0.6 is 0 Å². The lowest BCUT2D eigenvalue weighted by Gasteiger charge is -2.13. The van der Waals surface area contributed by atoms with Crippen molar-refractivity contribution in [2.45, 2.75) is 38.1 Å². The quantitative estimate of drug-likeness (QED) is 0.765. The van der Waals surface area contributed by atoms with Gasteiger partial charge in [-0.2, -0.15) is 0 Å². The molecular formula is C20H23N3O3. The Bertz CT molecular complexity index is 773. The average Bonchev–Trinajstić information content (AvgIpc) is 3.47. The SMILES string of the molecule is COc1ccc(NC(=O)CCCc2ccccn2)c(C(=O)NC2CC2)c1. The summed E-state index contributed by atoms with van der Waals surface area (Å²) in [7, 11) is 1.55. The number of nitrogens with zero attached hydrogens (tertiary/aromatic N) is 1. The summed E-state index contributed by atoms with van der Waals surface area (Å²) in [5.74, 6) is 0.279. The summed E-state index contributed by atoms with van der Waals surface area (Å²) in [6.07, 6.45) is 5.56. The van der Waals surface area contributed by atoms with Gasteiger partial charge in [-0.05, 0) is 56.0 Å². The van der Waals surface area contributed by atoms with Gasteiger partial charge in [0.15, 0.2) is 0 Å². The highest BCUT2D eigenvalue weighted by Gasteiger charge is 2.25. The smallest absolute Gasteiger partial charge is 0.253 e. The van der Waals surface area contributed by atoms with Gasteiger partial charge in [-0.15, -0.1) is 0 Å². The van der Waals surface area contributed by atoms with Crippen LogP contribution in [0.4, 0.5) is 5.69 Å². The second-order valence-corrected chi connectivity index (χ2v) is 6.38. The highest BCUT2D eigenvalue weighted by molar-refractivity contribution is 6.04. The van der Waals surface area contributed by atoms with Crippen molar-refractivity contribution in [1.82, 2.24) is 10.3 Å². The lowest BCUT2D eigenvalue weighted by atomic mass is 10.1. The van der Waals surface area contributed by atoms with Gasteiger partial charge in [-0.25, -0.2) is 0 Å². The van der Waals surface area contributed by atoms with E-state index in [1.54, 1.807) is 31.5 Å². The van der Waals surface area contributed by atoms with E-state index in [0.29, 0.717) is 29.8 Å². The fourth-order valence-electron chi connectivity index (χ4n) is 2.63. The molecule has 1 saturated carbocycles. The van der Waals surface area contributed by atoms with E-state index in [-0.39, 0.29) is 17.9 Å². The molecule has 3 rings (SSSR count). The first kappa shape index (κ1) is 17.9. The first-order valence-electron chi connectivity index (χ1n) is 8.84. The van der Waals surface area contributed by atoms with Crippen molar-refractivity contribution in [2.24, 2.45) is 0 Å². The molecule has 1 aromatic heterocycles. The van der Waals surface area contributed by atoms with Crippen molar-refractivity contribution >= 4 is 17.5 Å². The lowest BCUT2D eigenvalue weighted by molar-refractivity contribution is -0.116. The maximum atomic E-state index is 12.4. The Labute approximate surface area is 153 Å². The zero-order chi connectivity index (χ0) is 18.4. The average molecular weight is 353 g/mol. The van der Waals surface area contributed by atoms with E-state index >= 15 is 0 Å². The van der Waals surface area contributed by atoms with Crippen LogP contribution in [0.25, 0.3) is 0 Å². The fraction of sp³-hybridized carbons (Fsp3) is 0.350. The predicted octanol–water partition coefficient (Wildman–Crippen LogP) is 2.94. The third-order valence-corrected chi connectivity index (χ3v) is 4.22. The number of anilines is 1. The first-order chi connectivity index (χ1) is 12.7. The van der Waals surface area contributed by atoms with Crippen molar-refractivity contribution < 1.29 is 14.3 Å². The Morgan fingerprint density at radius 3 is 2.77 bits per heavy atom. The third kappa shape index (κ3) is 5.05. The standard InChI is InChI=1S/C20H23N3O3/c1-26-16-10-11-18(17(13-16)20(25)22-15-8-9-15)23-19(24)7-4-6-14-5-2-3-12-21-14/h2-3,5,10-13,15H,4,6-9H2,1H3,(H,22,25)(H,23,24). The summed E-state index contributed by atoms with van der Waals surface area (Å²) in [5.41, 5.74) is 1.90. The van der Waals surface area contributed by atoms with E-state index in [9.17, 15) is 9.59 Å². The molecule has 26 heavy (non-hydrogen) atoms. The van der Waals surface area contributed by atoms with Gasteiger partial charge >= 0.3 is 0 Å². The van der Waals surface area contributed by atoms with E-state index in [4.69, 9.17) is 4.74 Å². The molecular weight excluding hydrogens is 330 g/mol. The number of aryl methyl sites for hydroxylation is 1. The first-order valence-corrected chi connectivity index (χ1v) is 8.84. The third-order valence-electron chi connectivity index (χ3n) is 4.22. The summed E-state index contributed by atoms with van der Waals surface area (Å²) in [6, 6.07) is 11.1.